The molecule has 2 aliphatic carbocycles. The molecule has 1 atom stereocenters. The van der Waals surface area contributed by atoms with Gasteiger partial charge in [-0.15, -0.1) is 11.3 Å². The average Bonchev–Trinajstić information content (AvgIpc) is 2.87. The first-order valence-electron chi connectivity index (χ1n) is 8.33. The molecule has 0 bridgehead atoms. The third kappa shape index (κ3) is 3.82. The Hall–Kier alpha value is 0.350. The van der Waals surface area contributed by atoms with Gasteiger partial charge in [0.25, 0.3) is 0 Å². The Kier molecular flexibility index (Phi) is 5.29. The van der Waals surface area contributed by atoms with Crippen LogP contribution < -0.4 is 5.32 Å². The number of rotatable bonds is 4. The van der Waals surface area contributed by atoms with E-state index < -0.39 is 5.60 Å². The van der Waals surface area contributed by atoms with Gasteiger partial charge in [0.05, 0.1) is 8.48 Å². The summed E-state index contributed by atoms with van der Waals surface area (Å²) in [5.74, 6) is 0.838. The Morgan fingerprint density at radius 2 is 2.14 bits per heavy atom. The maximum atomic E-state index is 10.8. The van der Waals surface area contributed by atoms with E-state index in [0.29, 0.717) is 6.04 Å². The Balaban J connectivity index is 1.58. The smallest absolute Gasteiger partial charge is 0.0772 e. The molecule has 2 nitrogen and oxygen atoms in total. The van der Waals surface area contributed by atoms with Crippen molar-refractivity contribution in [1.29, 1.82) is 0 Å². The molecule has 118 valence electrons. The lowest BCUT2D eigenvalue weighted by Gasteiger charge is -2.37. The van der Waals surface area contributed by atoms with E-state index >= 15 is 0 Å². The van der Waals surface area contributed by atoms with Crippen LogP contribution in [-0.4, -0.2) is 17.3 Å². The zero-order valence-corrected chi connectivity index (χ0v) is 15.8. The molecule has 0 amide bonds. The Morgan fingerprint density at radius 3 is 2.86 bits per heavy atom. The number of fused-ring (bicyclic) bond motifs is 1. The minimum atomic E-state index is -0.466. The maximum Gasteiger partial charge on any atom is 0.0772 e. The molecule has 21 heavy (non-hydrogen) atoms. The van der Waals surface area contributed by atoms with Gasteiger partial charge in [0.2, 0.25) is 0 Å². The van der Waals surface area contributed by atoms with Crippen LogP contribution in [0.4, 0.5) is 0 Å². The fraction of sp³-hybridized carbons (Fsp3) is 0.765. The van der Waals surface area contributed by atoms with Crippen molar-refractivity contribution in [3.63, 3.8) is 0 Å². The molecule has 1 saturated carbocycles. The molecule has 4 heteroatoms. The molecule has 1 aromatic heterocycles. The highest BCUT2D eigenvalue weighted by molar-refractivity contribution is 14.1. The number of aliphatic hydroxyl groups is 1. The second kappa shape index (κ2) is 6.85. The van der Waals surface area contributed by atoms with Gasteiger partial charge in [-0.3, -0.25) is 0 Å². The van der Waals surface area contributed by atoms with E-state index in [9.17, 15) is 5.11 Å². The molecule has 2 N–H and O–H groups in total. The fourth-order valence-electron chi connectivity index (χ4n) is 3.85. The molecule has 0 aromatic carbocycles. The second-order valence-electron chi connectivity index (χ2n) is 6.83. The topological polar surface area (TPSA) is 32.3 Å². The summed E-state index contributed by atoms with van der Waals surface area (Å²) >= 11 is 4.37. The normalized spacial score (nSPS) is 32.9. The first-order valence-corrected chi connectivity index (χ1v) is 10.2. The first-order chi connectivity index (χ1) is 10.1. The van der Waals surface area contributed by atoms with Crippen LogP contribution in [0.2, 0.25) is 0 Å². The predicted octanol–water partition coefficient (Wildman–Crippen LogP) is 4.65. The number of hydrogen-bond acceptors (Lipinski definition) is 3. The van der Waals surface area contributed by atoms with E-state index in [1.807, 2.05) is 11.3 Å². The first kappa shape index (κ1) is 16.2. The van der Waals surface area contributed by atoms with Crippen molar-refractivity contribution in [3.05, 3.63) is 19.4 Å². The van der Waals surface area contributed by atoms with Crippen LogP contribution in [0.1, 0.15) is 68.4 Å². The Labute approximate surface area is 145 Å². The summed E-state index contributed by atoms with van der Waals surface area (Å²) in [7, 11) is 0. The van der Waals surface area contributed by atoms with Gasteiger partial charge >= 0.3 is 0 Å². The highest BCUT2D eigenvalue weighted by Crippen LogP contribution is 2.38. The number of hydrogen-bond donors (Lipinski definition) is 2. The minimum absolute atomic E-state index is 0.460. The molecule has 2 aliphatic rings. The second-order valence-corrected chi connectivity index (χ2v) is 9.86. The van der Waals surface area contributed by atoms with Crippen LogP contribution in [-0.2, 0) is 6.42 Å². The quantitative estimate of drug-likeness (QED) is 0.697. The van der Waals surface area contributed by atoms with Gasteiger partial charge in [-0.2, -0.15) is 0 Å². The molecule has 0 radical (unpaired) electrons. The molecular formula is C17H26INOS. The van der Waals surface area contributed by atoms with Crippen molar-refractivity contribution in [1.82, 2.24) is 5.32 Å². The van der Waals surface area contributed by atoms with Crippen LogP contribution in [0.25, 0.3) is 0 Å². The van der Waals surface area contributed by atoms with E-state index in [2.05, 4.69) is 40.9 Å². The number of nitrogens with one attached hydrogen (secondary N) is 1. The monoisotopic (exact) mass is 419 g/mol. The summed E-state index contributed by atoms with van der Waals surface area (Å²) in [6.45, 7) is 3.04. The van der Waals surface area contributed by atoms with E-state index in [1.54, 1.807) is 4.88 Å². The maximum absolute atomic E-state index is 10.8. The summed E-state index contributed by atoms with van der Waals surface area (Å²) in [5, 5.41) is 14.5. The molecule has 1 heterocycles. The molecule has 3 rings (SSSR count). The number of thiophene rings is 1. The van der Waals surface area contributed by atoms with Crippen molar-refractivity contribution in [2.24, 2.45) is 5.92 Å². The van der Waals surface area contributed by atoms with E-state index in [-0.39, 0.29) is 0 Å². The van der Waals surface area contributed by atoms with Gasteiger partial charge in [0, 0.05) is 17.5 Å². The van der Waals surface area contributed by atoms with E-state index in [0.717, 1.165) is 25.3 Å². The lowest BCUT2D eigenvalue weighted by atomic mass is 9.77. The van der Waals surface area contributed by atoms with Crippen LogP contribution in [0.5, 0.6) is 0 Å². The zero-order valence-electron chi connectivity index (χ0n) is 12.8. The predicted molar refractivity (Wildman–Crippen MR) is 97.9 cm³/mol. The third-order valence-electron chi connectivity index (χ3n) is 5.37. The van der Waals surface area contributed by atoms with Crippen molar-refractivity contribution in [2.75, 3.05) is 6.54 Å². The summed E-state index contributed by atoms with van der Waals surface area (Å²) in [4.78, 5) is 1.56. The van der Waals surface area contributed by atoms with Crippen molar-refractivity contribution in [3.8, 4) is 0 Å². The van der Waals surface area contributed by atoms with Crippen molar-refractivity contribution < 1.29 is 5.11 Å². The largest absolute Gasteiger partial charge is 0.389 e. The SMILES string of the molecule is CCC1CCC(O)(CNC2CCCc3sc(I)cc32)CC1. The van der Waals surface area contributed by atoms with Crippen molar-refractivity contribution in [2.45, 2.75) is 69.9 Å². The minimum Gasteiger partial charge on any atom is -0.389 e. The number of aryl methyl sites for hydroxylation is 1. The standard InChI is InChI=1S/C17H26INOS/c1-2-12-6-8-17(20,9-7-12)11-19-14-4-3-5-15-13(14)10-16(18)21-15/h10,12,14,19-20H,2-9,11H2,1H3. The highest BCUT2D eigenvalue weighted by atomic mass is 127. The Bertz CT molecular complexity index is 479. The van der Waals surface area contributed by atoms with Crippen molar-refractivity contribution >= 4 is 33.9 Å². The Morgan fingerprint density at radius 1 is 1.38 bits per heavy atom. The van der Waals surface area contributed by atoms with Crippen LogP contribution in [0, 0.1) is 8.80 Å². The van der Waals surface area contributed by atoms with Gasteiger partial charge in [-0.05, 0) is 85.1 Å². The molecule has 1 unspecified atom stereocenters. The molecular weight excluding hydrogens is 393 g/mol. The van der Waals surface area contributed by atoms with Gasteiger partial charge in [0.1, 0.15) is 0 Å². The summed E-state index contributed by atoms with van der Waals surface area (Å²) in [5.41, 5.74) is 1.04. The molecule has 0 saturated heterocycles. The number of halogens is 1. The van der Waals surface area contributed by atoms with Gasteiger partial charge < -0.3 is 10.4 Å². The lowest BCUT2D eigenvalue weighted by molar-refractivity contribution is -0.0110. The average molecular weight is 419 g/mol. The molecule has 1 aromatic rings. The van der Waals surface area contributed by atoms with E-state index in [1.165, 1.54) is 47.0 Å². The molecule has 1 fully saturated rings. The van der Waals surface area contributed by atoms with Gasteiger partial charge in [0.15, 0.2) is 0 Å². The van der Waals surface area contributed by atoms with E-state index in [4.69, 9.17) is 0 Å². The lowest BCUT2D eigenvalue weighted by Crippen LogP contribution is -2.44. The summed E-state index contributed by atoms with van der Waals surface area (Å²) < 4.78 is 1.40. The summed E-state index contributed by atoms with van der Waals surface area (Å²) in [6, 6.07) is 2.80. The third-order valence-corrected chi connectivity index (χ3v) is 7.35. The summed E-state index contributed by atoms with van der Waals surface area (Å²) in [6.07, 6.45) is 9.33. The highest BCUT2D eigenvalue weighted by Gasteiger charge is 2.33. The van der Waals surface area contributed by atoms with Gasteiger partial charge in [-0.25, -0.2) is 0 Å². The molecule has 0 aliphatic heterocycles. The van der Waals surface area contributed by atoms with Gasteiger partial charge in [-0.1, -0.05) is 13.3 Å². The zero-order chi connectivity index (χ0) is 14.9. The fourth-order valence-corrected chi connectivity index (χ4v) is 5.97. The van der Waals surface area contributed by atoms with Crippen LogP contribution in [0.15, 0.2) is 6.07 Å². The van der Waals surface area contributed by atoms with Crippen LogP contribution in [0.3, 0.4) is 0 Å². The molecule has 0 spiro atoms. The van der Waals surface area contributed by atoms with Crippen LogP contribution >= 0.6 is 33.9 Å².